The molecule has 6 nitrogen and oxygen atoms in total. The van der Waals surface area contributed by atoms with E-state index in [0.717, 1.165) is 23.5 Å². The Hall–Kier alpha value is -2.73. The molecule has 6 heteroatoms. The van der Waals surface area contributed by atoms with Gasteiger partial charge in [0.15, 0.2) is 11.5 Å². The molecule has 0 radical (unpaired) electrons. The van der Waals surface area contributed by atoms with Crippen LogP contribution < -0.4 is 25.3 Å². The molecule has 0 bridgehead atoms. The zero-order valence-electron chi connectivity index (χ0n) is 14.2. The molecule has 0 aromatic heterocycles. The molecule has 1 amide bonds. The average Bonchev–Trinajstić information content (AvgIpc) is 3.09. The van der Waals surface area contributed by atoms with E-state index in [0.29, 0.717) is 18.9 Å². The lowest BCUT2D eigenvalue weighted by molar-refractivity contribution is -0.124. The molecule has 3 N–H and O–H groups in total. The molecule has 2 aromatic carbocycles. The van der Waals surface area contributed by atoms with Gasteiger partial charge in [0, 0.05) is 6.07 Å². The molecule has 0 unspecified atom stereocenters. The lowest BCUT2D eigenvalue weighted by Gasteiger charge is -2.28. The number of nitrogens with one attached hydrogen (secondary N) is 1. The Balaban J connectivity index is 1.49. The largest absolute Gasteiger partial charge is 0.493 e. The van der Waals surface area contributed by atoms with Crippen LogP contribution in [0.15, 0.2) is 48.5 Å². The zero-order chi connectivity index (χ0) is 17.7. The van der Waals surface area contributed by atoms with E-state index >= 15 is 0 Å². The second-order valence-electron chi connectivity index (χ2n) is 6.00. The van der Waals surface area contributed by atoms with Gasteiger partial charge in [0.2, 0.25) is 12.7 Å². The van der Waals surface area contributed by atoms with Crippen molar-refractivity contribution >= 4 is 5.91 Å². The second kappa shape index (κ2) is 7.44. The summed E-state index contributed by atoms with van der Waals surface area (Å²) in [6.45, 7) is 3.15. The number of hydrogen-bond donors (Lipinski definition) is 2. The van der Waals surface area contributed by atoms with Crippen molar-refractivity contribution < 1.29 is 19.0 Å². The summed E-state index contributed by atoms with van der Waals surface area (Å²) in [5.41, 5.74) is 5.55. The first-order valence-electron chi connectivity index (χ1n) is 8.22. The molecule has 0 saturated heterocycles. The number of rotatable bonds is 8. The van der Waals surface area contributed by atoms with Crippen LogP contribution in [-0.2, 0) is 10.3 Å². The second-order valence-corrected chi connectivity index (χ2v) is 6.00. The monoisotopic (exact) mass is 342 g/mol. The summed E-state index contributed by atoms with van der Waals surface area (Å²) >= 11 is 0. The Morgan fingerprint density at radius 3 is 2.72 bits per heavy atom. The number of ether oxygens (including phenoxy) is 3. The van der Waals surface area contributed by atoms with Crippen LogP contribution in [0.25, 0.3) is 0 Å². The van der Waals surface area contributed by atoms with Gasteiger partial charge in [-0.05, 0) is 37.6 Å². The van der Waals surface area contributed by atoms with Crippen LogP contribution in [0.4, 0.5) is 0 Å². The first-order valence-corrected chi connectivity index (χ1v) is 8.22. The van der Waals surface area contributed by atoms with Crippen molar-refractivity contribution in [1.29, 1.82) is 0 Å². The van der Waals surface area contributed by atoms with Gasteiger partial charge in [-0.25, -0.2) is 0 Å². The minimum atomic E-state index is -0.903. The fraction of sp³-hybridized carbons (Fsp3) is 0.316. The number of amides is 1. The van der Waals surface area contributed by atoms with E-state index in [2.05, 4.69) is 5.32 Å². The standard InChI is InChI=1S/C19H22N2O4/c1-19(18(20)22,14-6-3-2-4-7-14)21-10-5-11-23-15-8-9-16-17(12-15)25-13-24-16/h2-4,6-9,12,21H,5,10-11,13H2,1H3,(H2,20,22)/t19-/m0/s1. The average molecular weight is 342 g/mol. The molecule has 1 aliphatic heterocycles. The lowest BCUT2D eigenvalue weighted by atomic mass is 9.91. The molecule has 0 fully saturated rings. The lowest BCUT2D eigenvalue weighted by Crippen LogP contribution is -2.50. The minimum Gasteiger partial charge on any atom is -0.493 e. The van der Waals surface area contributed by atoms with Crippen LogP contribution in [-0.4, -0.2) is 25.9 Å². The van der Waals surface area contributed by atoms with Crippen molar-refractivity contribution in [1.82, 2.24) is 5.32 Å². The molecule has 1 aliphatic rings. The van der Waals surface area contributed by atoms with Crippen molar-refractivity contribution in [3.63, 3.8) is 0 Å². The van der Waals surface area contributed by atoms with Crippen LogP contribution in [0, 0.1) is 0 Å². The van der Waals surface area contributed by atoms with Gasteiger partial charge in [-0.1, -0.05) is 30.3 Å². The number of carbonyl (C=O) groups excluding carboxylic acids is 1. The molecule has 0 saturated carbocycles. The first kappa shape index (κ1) is 17.1. The number of carbonyl (C=O) groups is 1. The fourth-order valence-corrected chi connectivity index (χ4v) is 2.67. The maximum Gasteiger partial charge on any atom is 0.242 e. The van der Waals surface area contributed by atoms with Crippen molar-refractivity contribution in [2.75, 3.05) is 19.9 Å². The molecule has 25 heavy (non-hydrogen) atoms. The quantitative estimate of drug-likeness (QED) is 0.719. The first-order chi connectivity index (χ1) is 12.1. The fourth-order valence-electron chi connectivity index (χ4n) is 2.67. The van der Waals surface area contributed by atoms with Gasteiger partial charge in [0.1, 0.15) is 11.3 Å². The van der Waals surface area contributed by atoms with Gasteiger partial charge in [-0.2, -0.15) is 0 Å². The third-order valence-electron chi connectivity index (χ3n) is 4.26. The van der Waals surface area contributed by atoms with Crippen LogP contribution in [0.3, 0.4) is 0 Å². The summed E-state index contributed by atoms with van der Waals surface area (Å²) < 4.78 is 16.3. The van der Waals surface area contributed by atoms with Crippen LogP contribution >= 0.6 is 0 Å². The Morgan fingerprint density at radius 1 is 1.20 bits per heavy atom. The topological polar surface area (TPSA) is 82.8 Å². The summed E-state index contributed by atoms with van der Waals surface area (Å²) in [6.07, 6.45) is 0.726. The predicted octanol–water partition coefficient (Wildman–Crippen LogP) is 2.17. The smallest absolute Gasteiger partial charge is 0.242 e. The number of fused-ring (bicyclic) bond motifs is 1. The summed E-state index contributed by atoms with van der Waals surface area (Å²) in [5.74, 6) is 1.75. The van der Waals surface area contributed by atoms with E-state index in [1.54, 1.807) is 6.92 Å². The molecule has 1 heterocycles. The molecule has 3 rings (SSSR count). The number of primary amides is 1. The predicted molar refractivity (Wildman–Crippen MR) is 93.7 cm³/mol. The maximum atomic E-state index is 11.9. The highest BCUT2D eigenvalue weighted by Crippen LogP contribution is 2.35. The van der Waals surface area contributed by atoms with Gasteiger partial charge in [-0.3, -0.25) is 10.1 Å². The van der Waals surface area contributed by atoms with Gasteiger partial charge in [-0.15, -0.1) is 0 Å². The van der Waals surface area contributed by atoms with Gasteiger partial charge < -0.3 is 19.9 Å². The van der Waals surface area contributed by atoms with Crippen LogP contribution in [0.2, 0.25) is 0 Å². The van der Waals surface area contributed by atoms with Crippen molar-refractivity contribution in [3.8, 4) is 17.2 Å². The summed E-state index contributed by atoms with van der Waals surface area (Å²) in [7, 11) is 0. The molecule has 1 atom stereocenters. The summed E-state index contributed by atoms with van der Waals surface area (Å²) in [4.78, 5) is 11.9. The Kier molecular flexibility index (Phi) is 5.09. The molecule has 132 valence electrons. The summed E-state index contributed by atoms with van der Waals surface area (Å²) in [6, 6.07) is 15.0. The van der Waals surface area contributed by atoms with Crippen molar-refractivity contribution in [3.05, 3.63) is 54.1 Å². The number of nitrogens with two attached hydrogens (primary N) is 1. The van der Waals surface area contributed by atoms with E-state index in [1.807, 2.05) is 48.5 Å². The van der Waals surface area contributed by atoms with Gasteiger partial charge in [0.05, 0.1) is 6.61 Å². The molecule has 0 aliphatic carbocycles. The van der Waals surface area contributed by atoms with Crippen LogP contribution in [0.1, 0.15) is 18.9 Å². The van der Waals surface area contributed by atoms with Gasteiger partial charge >= 0.3 is 0 Å². The summed E-state index contributed by atoms with van der Waals surface area (Å²) in [5, 5.41) is 3.24. The highest BCUT2D eigenvalue weighted by atomic mass is 16.7. The Labute approximate surface area is 146 Å². The molecular formula is C19H22N2O4. The SMILES string of the molecule is C[C@@](NCCCOc1ccc2c(c1)OCO2)(C(N)=O)c1ccccc1. The normalized spacial score (nSPS) is 14.8. The Bertz CT molecular complexity index is 735. The van der Waals surface area contributed by atoms with E-state index in [9.17, 15) is 4.79 Å². The highest BCUT2D eigenvalue weighted by molar-refractivity contribution is 5.85. The highest BCUT2D eigenvalue weighted by Gasteiger charge is 2.32. The van der Waals surface area contributed by atoms with Crippen molar-refractivity contribution in [2.45, 2.75) is 18.9 Å². The third-order valence-corrected chi connectivity index (χ3v) is 4.26. The molecule has 2 aromatic rings. The van der Waals surface area contributed by atoms with E-state index in [4.69, 9.17) is 19.9 Å². The number of hydrogen-bond acceptors (Lipinski definition) is 5. The van der Waals surface area contributed by atoms with Gasteiger partial charge in [0.25, 0.3) is 0 Å². The molecular weight excluding hydrogens is 320 g/mol. The number of benzene rings is 2. The van der Waals surface area contributed by atoms with E-state index in [1.165, 1.54) is 0 Å². The van der Waals surface area contributed by atoms with Crippen molar-refractivity contribution in [2.24, 2.45) is 5.73 Å². The maximum absolute atomic E-state index is 11.9. The zero-order valence-corrected chi connectivity index (χ0v) is 14.2. The van der Waals surface area contributed by atoms with Crippen LogP contribution in [0.5, 0.6) is 17.2 Å². The van der Waals surface area contributed by atoms with E-state index in [-0.39, 0.29) is 6.79 Å². The minimum absolute atomic E-state index is 0.244. The van der Waals surface area contributed by atoms with E-state index < -0.39 is 11.4 Å². The third kappa shape index (κ3) is 3.85. The molecule has 0 spiro atoms. The Morgan fingerprint density at radius 2 is 1.96 bits per heavy atom.